The number of hydrogen-bond donors (Lipinski definition) is 2. The maximum absolute atomic E-state index is 14.9. The molecule has 0 unspecified atom stereocenters. The molecule has 2 N–H and O–H groups in total. The van der Waals surface area contributed by atoms with Crippen molar-refractivity contribution in [3.63, 3.8) is 0 Å². The van der Waals surface area contributed by atoms with Crippen LogP contribution >= 0.6 is 23.3 Å². The Labute approximate surface area is 201 Å². The third kappa shape index (κ3) is 3.84. The molecule has 0 radical (unpaired) electrons. The number of hydrogen-bond acceptors (Lipinski definition) is 8. The number of amides is 1. The van der Waals surface area contributed by atoms with Gasteiger partial charge in [-0.1, -0.05) is 11.9 Å². The molecule has 2 aromatic rings. The van der Waals surface area contributed by atoms with Crippen molar-refractivity contribution in [3.8, 4) is 10.6 Å². The Morgan fingerprint density at radius 3 is 2.64 bits per heavy atom. The molecule has 0 atom stereocenters. The maximum Gasteiger partial charge on any atom is 0.255 e. The van der Waals surface area contributed by atoms with Crippen LogP contribution in [0.1, 0.15) is 59.3 Å². The van der Waals surface area contributed by atoms with E-state index in [-0.39, 0.29) is 23.7 Å². The average molecular weight is 492 g/mol. The number of thiophene rings is 1. The number of rotatable bonds is 4. The Kier molecular flexibility index (Phi) is 6.13. The number of aliphatic hydroxyl groups is 1. The monoisotopic (exact) mass is 491 g/mol. The summed E-state index contributed by atoms with van der Waals surface area (Å²) in [5, 5.41) is 13.4. The van der Waals surface area contributed by atoms with Crippen molar-refractivity contribution < 1.29 is 14.3 Å². The summed E-state index contributed by atoms with van der Waals surface area (Å²) < 4.78 is 17.3. The van der Waals surface area contributed by atoms with Crippen LogP contribution in [0.4, 0.5) is 10.3 Å². The summed E-state index contributed by atoms with van der Waals surface area (Å²) in [4.78, 5) is 25.5. The van der Waals surface area contributed by atoms with Gasteiger partial charge in [-0.2, -0.15) is 0 Å². The van der Waals surface area contributed by atoms with E-state index in [1.807, 2.05) is 18.9 Å². The van der Waals surface area contributed by atoms with Crippen LogP contribution in [0.25, 0.3) is 10.6 Å². The van der Waals surface area contributed by atoms with Crippen LogP contribution in [0.5, 0.6) is 0 Å². The lowest BCUT2D eigenvalue weighted by Crippen LogP contribution is -2.44. The zero-order chi connectivity index (χ0) is 23.3. The molecule has 178 valence electrons. The lowest BCUT2D eigenvalue weighted by atomic mass is 9.79. The first kappa shape index (κ1) is 23.0. The molecule has 0 aromatic carbocycles. The molecular weight excluding hydrogens is 461 g/mol. The predicted octanol–water partition coefficient (Wildman–Crippen LogP) is 4.02. The third-order valence-electron chi connectivity index (χ3n) is 7.52. The Morgan fingerprint density at radius 1 is 1.27 bits per heavy atom. The molecule has 2 fully saturated rings. The van der Waals surface area contributed by atoms with Crippen molar-refractivity contribution >= 4 is 35.1 Å². The lowest BCUT2D eigenvalue weighted by Gasteiger charge is -2.41. The van der Waals surface area contributed by atoms with Gasteiger partial charge < -0.3 is 15.3 Å². The first-order valence-electron chi connectivity index (χ1n) is 11.5. The highest BCUT2D eigenvalue weighted by molar-refractivity contribution is 7.96. The van der Waals surface area contributed by atoms with Gasteiger partial charge in [0.25, 0.3) is 5.91 Å². The van der Waals surface area contributed by atoms with Crippen molar-refractivity contribution in [2.45, 2.75) is 63.1 Å². The van der Waals surface area contributed by atoms with E-state index >= 15 is 0 Å². The SMILES string of the molecule is CSN1CCC(Nc2ncc(F)c(-c3sc4c(c3C)C(=O)N(C)C43CCC(O)CC3)n2)CC1. The molecule has 5 rings (SSSR count). The predicted molar refractivity (Wildman–Crippen MR) is 130 cm³/mol. The first-order valence-corrected chi connectivity index (χ1v) is 13.5. The first-order chi connectivity index (χ1) is 15.8. The van der Waals surface area contributed by atoms with E-state index in [1.54, 1.807) is 11.9 Å². The van der Waals surface area contributed by atoms with Gasteiger partial charge in [0.1, 0.15) is 5.69 Å². The molecule has 4 heterocycles. The molecule has 1 saturated heterocycles. The van der Waals surface area contributed by atoms with Crippen LogP contribution in [-0.2, 0) is 5.54 Å². The van der Waals surface area contributed by atoms with Gasteiger partial charge in [-0.3, -0.25) is 9.10 Å². The van der Waals surface area contributed by atoms with Gasteiger partial charge in [0.15, 0.2) is 5.82 Å². The van der Waals surface area contributed by atoms with Crippen LogP contribution in [0.3, 0.4) is 0 Å². The molecule has 1 saturated carbocycles. The Morgan fingerprint density at radius 2 is 1.97 bits per heavy atom. The van der Waals surface area contributed by atoms with Gasteiger partial charge in [-0.05, 0) is 57.3 Å². The average Bonchev–Trinajstić information content (AvgIpc) is 3.26. The van der Waals surface area contributed by atoms with Gasteiger partial charge in [0.05, 0.1) is 28.3 Å². The number of halogens is 1. The summed E-state index contributed by atoms with van der Waals surface area (Å²) in [6.45, 7) is 3.88. The summed E-state index contributed by atoms with van der Waals surface area (Å²) >= 11 is 3.24. The number of anilines is 1. The third-order valence-corrected chi connectivity index (χ3v) is 9.89. The minimum atomic E-state index is -0.477. The van der Waals surface area contributed by atoms with E-state index in [1.165, 1.54) is 17.5 Å². The maximum atomic E-state index is 14.9. The van der Waals surface area contributed by atoms with Crippen LogP contribution < -0.4 is 5.32 Å². The number of fused-ring (bicyclic) bond motifs is 2. The van der Waals surface area contributed by atoms with E-state index in [2.05, 4.69) is 25.8 Å². The number of carbonyl (C=O) groups is 1. The van der Waals surface area contributed by atoms with Gasteiger partial charge in [0.2, 0.25) is 5.95 Å². The second kappa shape index (κ2) is 8.79. The fourth-order valence-electron chi connectivity index (χ4n) is 5.44. The molecule has 33 heavy (non-hydrogen) atoms. The van der Waals surface area contributed by atoms with E-state index in [4.69, 9.17) is 0 Å². The van der Waals surface area contributed by atoms with Crippen LogP contribution in [0.15, 0.2) is 6.20 Å². The quantitative estimate of drug-likeness (QED) is 0.625. The Bertz CT molecular complexity index is 1060. The molecule has 2 aliphatic heterocycles. The highest BCUT2D eigenvalue weighted by Gasteiger charge is 2.52. The van der Waals surface area contributed by atoms with Gasteiger partial charge >= 0.3 is 0 Å². The number of nitrogens with zero attached hydrogens (tertiary/aromatic N) is 4. The minimum absolute atomic E-state index is 0.0187. The van der Waals surface area contributed by atoms with Crippen molar-refractivity contribution in [1.82, 2.24) is 19.2 Å². The summed E-state index contributed by atoms with van der Waals surface area (Å²) in [5.41, 5.74) is 1.32. The number of aliphatic hydroxyl groups excluding tert-OH is 1. The van der Waals surface area contributed by atoms with E-state index < -0.39 is 11.4 Å². The zero-order valence-corrected chi connectivity index (χ0v) is 20.9. The molecule has 2 aromatic heterocycles. The second-order valence-electron chi connectivity index (χ2n) is 9.31. The number of nitrogens with one attached hydrogen (secondary N) is 1. The van der Waals surface area contributed by atoms with Gasteiger partial charge in [-0.15, -0.1) is 11.3 Å². The van der Waals surface area contributed by atoms with Crippen molar-refractivity contribution in [1.29, 1.82) is 0 Å². The summed E-state index contributed by atoms with van der Waals surface area (Å²) in [7, 11) is 1.85. The highest BCUT2D eigenvalue weighted by Crippen LogP contribution is 2.54. The molecule has 3 aliphatic rings. The molecule has 0 bridgehead atoms. The summed E-state index contributed by atoms with van der Waals surface area (Å²) in [6.07, 6.45) is 7.73. The summed E-state index contributed by atoms with van der Waals surface area (Å²) in [6, 6.07) is 0.258. The smallest absolute Gasteiger partial charge is 0.255 e. The van der Waals surface area contributed by atoms with Crippen molar-refractivity contribution in [2.75, 3.05) is 31.7 Å². The topological polar surface area (TPSA) is 81.6 Å². The second-order valence-corrected chi connectivity index (χ2v) is 11.2. The largest absolute Gasteiger partial charge is 0.393 e. The molecule has 1 amide bonds. The molecule has 1 aliphatic carbocycles. The van der Waals surface area contributed by atoms with E-state index in [9.17, 15) is 14.3 Å². The van der Waals surface area contributed by atoms with E-state index in [0.29, 0.717) is 29.2 Å². The Hall–Kier alpha value is -1.75. The molecular formula is C23H30FN5O2S2. The number of piperidine rings is 1. The normalized spacial score (nSPS) is 26.3. The number of carbonyl (C=O) groups excluding carboxylic acids is 1. The van der Waals surface area contributed by atoms with Crippen LogP contribution in [0.2, 0.25) is 0 Å². The van der Waals surface area contributed by atoms with Gasteiger partial charge in [0, 0.05) is 31.1 Å². The van der Waals surface area contributed by atoms with Crippen molar-refractivity contribution in [3.05, 3.63) is 28.0 Å². The molecule has 1 spiro atoms. The molecule has 10 heteroatoms. The summed E-state index contributed by atoms with van der Waals surface area (Å²) in [5.74, 6) is -0.0645. The van der Waals surface area contributed by atoms with Crippen LogP contribution in [-0.4, -0.2) is 68.7 Å². The highest BCUT2D eigenvalue weighted by atomic mass is 32.2. The lowest BCUT2D eigenvalue weighted by molar-refractivity contribution is 0.0268. The van der Waals surface area contributed by atoms with Crippen LogP contribution in [0, 0.1) is 12.7 Å². The Balaban J connectivity index is 1.46. The standard InChI is InChI=1S/C23H30FN5O2S2/c1-13-17-20(23(28(2)21(17)31)8-4-15(30)5-9-23)33-19(13)18-16(24)12-25-22(27-18)26-14-6-10-29(32-3)11-7-14/h12,14-15,30H,4-11H2,1-3H3,(H,25,26,27). The minimum Gasteiger partial charge on any atom is -0.393 e. The van der Waals surface area contributed by atoms with E-state index in [0.717, 1.165) is 49.2 Å². The molecule has 7 nitrogen and oxygen atoms in total. The number of aromatic nitrogens is 2. The van der Waals surface area contributed by atoms with Gasteiger partial charge in [-0.25, -0.2) is 14.4 Å². The zero-order valence-electron chi connectivity index (χ0n) is 19.2. The fraction of sp³-hybridized carbons (Fsp3) is 0.609. The van der Waals surface area contributed by atoms with Crippen molar-refractivity contribution in [2.24, 2.45) is 0 Å². The fourth-order valence-corrected chi connectivity index (χ4v) is 7.59.